The molecule has 2 bridgehead atoms. The summed E-state index contributed by atoms with van der Waals surface area (Å²) in [7, 11) is 0. The average Bonchev–Trinajstić information content (AvgIpc) is 3.57. The van der Waals surface area contributed by atoms with Gasteiger partial charge in [-0.05, 0) is 22.4 Å². The lowest BCUT2D eigenvalue weighted by molar-refractivity contribution is 0.0986. The number of halogens is 1. The van der Waals surface area contributed by atoms with E-state index in [-0.39, 0.29) is 6.10 Å². The van der Waals surface area contributed by atoms with Gasteiger partial charge in [-0.25, -0.2) is 4.98 Å². The van der Waals surface area contributed by atoms with E-state index >= 15 is 0 Å². The van der Waals surface area contributed by atoms with Crippen LogP contribution in [0.1, 0.15) is 12.2 Å². The Labute approximate surface area is 179 Å². The lowest BCUT2D eigenvalue weighted by Crippen LogP contribution is -2.38. The van der Waals surface area contributed by atoms with E-state index in [0.29, 0.717) is 41.8 Å². The Kier molecular flexibility index (Phi) is 4.16. The number of benzene rings is 1. The zero-order chi connectivity index (χ0) is 20.1. The monoisotopic (exact) mass is 467 g/mol. The number of fused-ring (bicyclic) bond motifs is 3. The van der Waals surface area contributed by atoms with Crippen LogP contribution in [0.25, 0.3) is 17.0 Å². The molecule has 0 spiro atoms. The first-order chi connectivity index (χ1) is 14.7. The smallest absolute Gasteiger partial charge is 0.231 e. The van der Waals surface area contributed by atoms with Crippen LogP contribution in [-0.4, -0.2) is 60.1 Å². The van der Waals surface area contributed by atoms with Crippen LogP contribution >= 0.6 is 15.9 Å². The highest BCUT2D eigenvalue weighted by Crippen LogP contribution is 2.32. The Morgan fingerprint density at radius 1 is 1.20 bits per heavy atom. The maximum absolute atomic E-state index is 5.72. The fourth-order valence-corrected chi connectivity index (χ4v) is 4.33. The topological polar surface area (TPSA) is 109 Å². The molecule has 0 unspecified atom stereocenters. The third-order valence-corrected chi connectivity index (χ3v) is 6.01. The molecule has 0 radical (unpaired) electrons. The molecule has 3 aromatic heterocycles. The Hall–Kier alpha value is -3.05. The lowest BCUT2D eigenvalue weighted by Gasteiger charge is -2.27. The molecule has 0 amide bonds. The van der Waals surface area contributed by atoms with Gasteiger partial charge in [-0.2, -0.15) is 24.7 Å². The maximum Gasteiger partial charge on any atom is 0.231 e. The number of aromatic nitrogens is 7. The maximum atomic E-state index is 5.72. The zero-order valence-electron chi connectivity index (χ0n) is 15.9. The van der Waals surface area contributed by atoms with Crippen molar-refractivity contribution >= 4 is 33.5 Å². The van der Waals surface area contributed by atoms with Crippen LogP contribution in [-0.2, 0) is 11.3 Å². The minimum atomic E-state index is 0.269. The lowest BCUT2D eigenvalue weighted by atomic mass is 10.2. The van der Waals surface area contributed by atoms with Crippen molar-refractivity contribution in [3.05, 3.63) is 46.8 Å². The van der Waals surface area contributed by atoms with E-state index in [1.807, 2.05) is 30.3 Å². The van der Waals surface area contributed by atoms with E-state index in [2.05, 4.69) is 46.4 Å². The van der Waals surface area contributed by atoms with Crippen molar-refractivity contribution in [3.8, 4) is 11.4 Å². The second-order valence-electron chi connectivity index (χ2n) is 7.40. The third kappa shape index (κ3) is 3.01. The molecule has 0 saturated carbocycles. The molecular formula is C19H18BrN9O. The molecule has 2 N–H and O–H groups in total. The van der Waals surface area contributed by atoms with Gasteiger partial charge in [0.2, 0.25) is 11.9 Å². The summed E-state index contributed by atoms with van der Waals surface area (Å²) in [6.45, 7) is 1.97. The fourth-order valence-electron chi connectivity index (χ4n) is 3.98. The molecule has 2 atom stereocenters. The molecule has 0 aliphatic carbocycles. The number of aromatic amines is 1. The predicted octanol–water partition coefficient (Wildman–Crippen LogP) is 2.26. The van der Waals surface area contributed by atoms with Gasteiger partial charge in [0.1, 0.15) is 5.82 Å². The van der Waals surface area contributed by atoms with Crippen molar-refractivity contribution in [1.29, 1.82) is 0 Å². The highest BCUT2D eigenvalue weighted by atomic mass is 79.9. The predicted molar refractivity (Wildman–Crippen MR) is 113 cm³/mol. The third-order valence-electron chi connectivity index (χ3n) is 5.45. The molecule has 1 aromatic carbocycles. The van der Waals surface area contributed by atoms with Crippen LogP contribution in [0.2, 0.25) is 0 Å². The van der Waals surface area contributed by atoms with E-state index in [4.69, 9.17) is 14.7 Å². The number of morpholine rings is 1. The van der Waals surface area contributed by atoms with Gasteiger partial charge in [0, 0.05) is 12.1 Å². The molecule has 6 rings (SSSR count). The first-order valence-corrected chi connectivity index (χ1v) is 10.5. The van der Waals surface area contributed by atoms with Crippen LogP contribution in [0.3, 0.4) is 0 Å². The molecule has 30 heavy (non-hydrogen) atoms. The number of nitrogens with zero attached hydrogens (tertiary/aromatic N) is 7. The van der Waals surface area contributed by atoms with E-state index in [9.17, 15) is 0 Å². The van der Waals surface area contributed by atoms with Crippen molar-refractivity contribution in [3.63, 3.8) is 0 Å². The fraction of sp³-hybridized carbons (Fsp3) is 0.316. The van der Waals surface area contributed by atoms with Crippen molar-refractivity contribution in [2.75, 3.05) is 23.4 Å². The average molecular weight is 468 g/mol. The SMILES string of the molecule is Brc1cnn2c(NCc3nc(-c4ccccc4)n[nH]3)nc(N3C[C@@H]4C[C@H]3CO4)nc12. The van der Waals surface area contributed by atoms with E-state index < -0.39 is 0 Å². The summed E-state index contributed by atoms with van der Waals surface area (Å²) in [5, 5.41) is 15.0. The Balaban J connectivity index is 1.28. The Morgan fingerprint density at radius 2 is 2.10 bits per heavy atom. The molecule has 5 heterocycles. The molecule has 4 aromatic rings. The largest absolute Gasteiger partial charge is 0.374 e. The first-order valence-electron chi connectivity index (χ1n) is 9.75. The van der Waals surface area contributed by atoms with Gasteiger partial charge in [-0.1, -0.05) is 30.3 Å². The molecule has 152 valence electrons. The molecule has 11 heteroatoms. The second-order valence-corrected chi connectivity index (χ2v) is 8.25. The molecular weight excluding hydrogens is 450 g/mol. The van der Waals surface area contributed by atoms with Crippen LogP contribution < -0.4 is 10.2 Å². The molecule has 2 aliphatic heterocycles. The number of hydrogen-bond donors (Lipinski definition) is 2. The van der Waals surface area contributed by atoms with Gasteiger partial charge < -0.3 is 15.0 Å². The summed E-state index contributed by atoms with van der Waals surface area (Å²) < 4.78 is 8.22. The van der Waals surface area contributed by atoms with Crippen molar-refractivity contribution in [2.45, 2.75) is 25.1 Å². The van der Waals surface area contributed by atoms with Gasteiger partial charge in [0.25, 0.3) is 0 Å². The standard InChI is InChI=1S/C19H18BrN9O/c20-14-7-22-29-17(14)24-19(28-9-13-6-12(28)10-30-13)25-18(29)21-8-15-23-16(27-26-15)11-4-2-1-3-5-11/h1-5,7,12-13H,6,8-10H2,(H,21,24,25)(H,23,26,27)/t12-,13-/m0/s1. The quantitative estimate of drug-likeness (QED) is 0.459. The normalized spacial score (nSPS) is 20.4. The van der Waals surface area contributed by atoms with Gasteiger partial charge in [-0.3, -0.25) is 5.10 Å². The highest BCUT2D eigenvalue weighted by Gasteiger charge is 2.40. The number of anilines is 2. The van der Waals surface area contributed by atoms with Gasteiger partial charge in [0.15, 0.2) is 11.5 Å². The first kappa shape index (κ1) is 17.8. The highest BCUT2D eigenvalue weighted by molar-refractivity contribution is 9.10. The van der Waals surface area contributed by atoms with Crippen molar-refractivity contribution in [2.24, 2.45) is 0 Å². The number of nitrogens with one attached hydrogen (secondary N) is 2. The summed E-state index contributed by atoms with van der Waals surface area (Å²) in [5.74, 6) is 2.66. The summed E-state index contributed by atoms with van der Waals surface area (Å²) in [6.07, 6.45) is 3.02. The number of ether oxygens (including phenoxy) is 1. The van der Waals surface area contributed by atoms with E-state index in [1.54, 1.807) is 10.7 Å². The van der Waals surface area contributed by atoms with Crippen molar-refractivity contribution in [1.82, 2.24) is 34.8 Å². The van der Waals surface area contributed by atoms with Crippen LogP contribution in [0.4, 0.5) is 11.9 Å². The minimum Gasteiger partial charge on any atom is -0.374 e. The number of rotatable bonds is 5. The van der Waals surface area contributed by atoms with Crippen LogP contribution in [0.15, 0.2) is 41.0 Å². The molecule has 10 nitrogen and oxygen atoms in total. The minimum absolute atomic E-state index is 0.269. The van der Waals surface area contributed by atoms with Crippen molar-refractivity contribution < 1.29 is 4.74 Å². The summed E-state index contributed by atoms with van der Waals surface area (Å²) in [4.78, 5) is 16.3. The molecule has 2 aliphatic rings. The number of hydrogen-bond acceptors (Lipinski definition) is 8. The summed E-state index contributed by atoms with van der Waals surface area (Å²) in [5.41, 5.74) is 1.68. The molecule has 2 fully saturated rings. The van der Waals surface area contributed by atoms with Gasteiger partial charge >= 0.3 is 0 Å². The summed E-state index contributed by atoms with van der Waals surface area (Å²) >= 11 is 3.54. The summed E-state index contributed by atoms with van der Waals surface area (Å²) in [6, 6.07) is 10.2. The Morgan fingerprint density at radius 3 is 2.90 bits per heavy atom. The Bertz CT molecular complexity index is 1210. The molecule has 2 saturated heterocycles. The van der Waals surface area contributed by atoms with E-state index in [1.165, 1.54) is 0 Å². The number of H-pyrrole nitrogens is 1. The van der Waals surface area contributed by atoms with Gasteiger partial charge in [-0.15, -0.1) is 0 Å². The van der Waals surface area contributed by atoms with Crippen LogP contribution in [0, 0.1) is 0 Å². The second kappa shape index (κ2) is 7.03. The zero-order valence-corrected chi connectivity index (χ0v) is 17.4. The van der Waals surface area contributed by atoms with Gasteiger partial charge in [0.05, 0.1) is 36.0 Å². The van der Waals surface area contributed by atoms with Crippen LogP contribution in [0.5, 0.6) is 0 Å². The van der Waals surface area contributed by atoms with E-state index in [0.717, 1.165) is 29.6 Å².